The van der Waals surface area contributed by atoms with Crippen LogP contribution in [-0.4, -0.2) is 57.6 Å². The van der Waals surface area contributed by atoms with Crippen LogP contribution in [-0.2, 0) is 41.3 Å². The predicted octanol–water partition coefficient (Wildman–Crippen LogP) is 2.49. The number of nitrogens with one attached hydrogen (secondary N) is 1. The van der Waals surface area contributed by atoms with E-state index in [4.69, 9.17) is 9.47 Å². The largest absolute Gasteiger partial charge is 0.466 e. The van der Waals surface area contributed by atoms with E-state index < -0.39 is 33.8 Å². The summed E-state index contributed by atoms with van der Waals surface area (Å²) in [5, 5.41) is 9.78. The molecule has 0 bridgehead atoms. The zero-order valence-corrected chi connectivity index (χ0v) is 22.8. The maximum atomic E-state index is 12.7. The van der Waals surface area contributed by atoms with Crippen LogP contribution in [0.5, 0.6) is 0 Å². The molecule has 1 aromatic heterocycles. The summed E-state index contributed by atoms with van der Waals surface area (Å²) < 4.78 is 37.2. The lowest BCUT2D eigenvalue weighted by molar-refractivity contribution is -0.143. The van der Waals surface area contributed by atoms with Crippen LogP contribution in [0.1, 0.15) is 60.3 Å². The highest BCUT2D eigenvalue weighted by Crippen LogP contribution is 2.28. The number of sulfonamides is 1. The molecule has 1 fully saturated rings. The quantitative estimate of drug-likeness (QED) is 0.408. The Morgan fingerprint density at radius 3 is 2.38 bits per heavy atom. The van der Waals surface area contributed by atoms with E-state index in [0.29, 0.717) is 43.0 Å². The molecular weight excluding hydrogens is 524 g/mol. The van der Waals surface area contributed by atoms with Crippen molar-refractivity contribution in [1.82, 2.24) is 9.71 Å². The van der Waals surface area contributed by atoms with Gasteiger partial charge >= 0.3 is 11.9 Å². The molecule has 208 valence electrons. The van der Waals surface area contributed by atoms with Gasteiger partial charge in [0.15, 0.2) is 0 Å². The first-order valence-corrected chi connectivity index (χ1v) is 14.4. The maximum Gasteiger partial charge on any atom is 0.340 e. The predicted molar refractivity (Wildman–Crippen MR) is 142 cm³/mol. The number of hydrogen-bond donors (Lipinski definition) is 1. The molecule has 12 heteroatoms. The highest BCUT2D eigenvalue weighted by Gasteiger charge is 2.30. The number of ether oxygens (including phenoxy) is 2. The van der Waals surface area contributed by atoms with Gasteiger partial charge < -0.3 is 14.4 Å². The molecule has 1 aromatic carbocycles. The molecule has 1 aliphatic rings. The molecule has 0 unspecified atom stereocenters. The standard InChI is InChI=1S/C27H32N4O7S/c1-3-37-24(32)11-10-23-22(27(34)38-4-2)16-21(17-28)25(29-23)31-14-12-20(13-15-31)26(33)30-39(35,36)18-19-8-6-5-7-9-19/h5-9,16,20H,3-4,10-15,18H2,1-2H3,(H,30,33). The van der Waals surface area contributed by atoms with Gasteiger partial charge in [-0.2, -0.15) is 5.26 Å². The van der Waals surface area contributed by atoms with Gasteiger partial charge in [0.05, 0.1) is 42.2 Å². The van der Waals surface area contributed by atoms with Gasteiger partial charge in [-0.15, -0.1) is 0 Å². The smallest absolute Gasteiger partial charge is 0.340 e. The molecule has 0 saturated carbocycles. The molecule has 0 aliphatic carbocycles. The van der Waals surface area contributed by atoms with Crippen molar-refractivity contribution in [2.45, 2.75) is 45.3 Å². The van der Waals surface area contributed by atoms with Crippen LogP contribution in [0.2, 0.25) is 0 Å². The monoisotopic (exact) mass is 556 g/mol. The van der Waals surface area contributed by atoms with Crippen molar-refractivity contribution >= 4 is 33.7 Å². The van der Waals surface area contributed by atoms with E-state index in [0.717, 1.165) is 0 Å². The minimum absolute atomic E-state index is 0.00170. The second-order valence-corrected chi connectivity index (χ2v) is 10.7. The molecule has 3 rings (SSSR count). The molecule has 0 radical (unpaired) electrons. The van der Waals surface area contributed by atoms with E-state index in [-0.39, 0.29) is 42.9 Å². The minimum Gasteiger partial charge on any atom is -0.466 e. The first-order valence-electron chi connectivity index (χ1n) is 12.8. The van der Waals surface area contributed by atoms with E-state index >= 15 is 0 Å². The number of nitrogens with zero attached hydrogens (tertiary/aromatic N) is 3. The molecule has 1 saturated heterocycles. The summed E-state index contributed by atoms with van der Waals surface area (Å²) in [5.41, 5.74) is 1.15. The van der Waals surface area contributed by atoms with E-state index in [2.05, 4.69) is 15.8 Å². The highest BCUT2D eigenvalue weighted by molar-refractivity contribution is 7.89. The van der Waals surface area contributed by atoms with Gasteiger partial charge in [-0.3, -0.25) is 14.3 Å². The van der Waals surface area contributed by atoms with Crippen molar-refractivity contribution in [3.05, 3.63) is 58.8 Å². The summed E-state index contributed by atoms with van der Waals surface area (Å²) in [6, 6.07) is 12.1. The number of hydrogen-bond acceptors (Lipinski definition) is 10. The SMILES string of the molecule is CCOC(=O)CCc1nc(N2CCC(C(=O)NS(=O)(=O)Cc3ccccc3)CC2)c(C#N)cc1C(=O)OCC. The van der Waals surface area contributed by atoms with E-state index in [1.807, 2.05) is 4.90 Å². The third-order valence-electron chi connectivity index (χ3n) is 6.19. The van der Waals surface area contributed by atoms with Crippen LogP contribution < -0.4 is 9.62 Å². The normalized spacial score (nSPS) is 13.8. The van der Waals surface area contributed by atoms with Crippen LogP contribution in [0, 0.1) is 17.2 Å². The number of pyridine rings is 1. The second kappa shape index (κ2) is 13.7. The van der Waals surface area contributed by atoms with Crippen molar-refractivity contribution in [2.24, 2.45) is 5.92 Å². The van der Waals surface area contributed by atoms with E-state index in [9.17, 15) is 28.1 Å². The summed E-state index contributed by atoms with van der Waals surface area (Å²) in [5.74, 6) is -2.13. The Morgan fingerprint density at radius 1 is 1.10 bits per heavy atom. The van der Waals surface area contributed by atoms with E-state index in [1.165, 1.54) is 6.07 Å². The Kier molecular flexibility index (Phi) is 10.4. The molecule has 1 N–H and O–H groups in total. The lowest BCUT2D eigenvalue weighted by Gasteiger charge is -2.33. The van der Waals surface area contributed by atoms with Crippen LogP contribution >= 0.6 is 0 Å². The number of aromatic nitrogens is 1. The van der Waals surface area contributed by atoms with Crippen LogP contribution in [0.15, 0.2) is 36.4 Å². The lowest BCUT2D eigenvalue weighted by Crippen LogP contribution is -2.43. The minimum atomic E-state index is -3.85. The van der Waals surface area contributed by atoms with Crippen LogP contribution in [0.3, 0.4) is 0 Å². The fourth-order valence-corrected chi connectivity index (χ4v) is 5.49. The zero-order valence-electron chi connectivity index (χ0n) is 22.0. The second-order valence-electron chi connectivity index (χ2n) is 8.96. The van der Waals surface area contributed by atoms with Gasteiger partial charge in [0.2, 0.25) is 15.9 Å². The molecule has 1 amide bonds. The topological polar surface area (TPSA) is 156 Å². The Bertz CT molecular complexity index is 1330. The van der Waals surface area contributed by atoms with Crippen molar-refractivity contribution in [3.8, 4) is 6.07 Å². The Morgan fingerprint density at radius 2 is 1.77 bits per heavy atom. The first kappa shape index (κ1) is 29.6. The Labute approximate surface area is 228 Å². The number of rotatable bonds is 11. The van der Waals surface area contributed by atoms with Crippen LogP contribution in [0.4, 0.5) is 5.82 Å². The van der Waals surface area contributed by atoms with Gasteiger partial charge in [0, 0.05) is 25.4 Å². The number of carbonyl (C=O) groups excluding carboxylic acids is 3. The third kappa shape index (κ3) is 8.25. The van der Waals surface area contributed by atoms with Crippen molar-refractivity contribution in [1.29, 1.82) is 5.26 Å². The van der Waals surface area contributed by atoms with Crippen molar-refractivity contribution in [2.75, 3.05) is 31.2 Å². The van der Waals surface area contributed by atoms with Gasteiger partial charge in [0.1, 0.15) is 11.9 Å². The van der Waals surface area contributed by atoms with Gasteiger partial charge in [-0.1, -0.05) is 30.3 Å². The average Bonchev–Trinajstić information content (AvgIpc) is 2.91. The maximum absolute atomic E-state index is 12.7. The van der Waals surface area contributed by atoms with Crippen molar-refractivity contribution < 1.29 is 32.3 Å². The first-order chi connectivity index (χ1) is 18.7. The number of carbonyl (C=O) groups is 3. The molecule has 2 aromatic rings. The Hall–Kier alpha value is -3.98. The summed E-state index contributed by atoms with van der Waals surface area (Å²) in [6.07, 6.45) is 0.802. The summed E-state index contributed by atoms with van der Waals surface area (Å²) in [7, 11) is -3.85. The molecule has 1 aliphatic heterocycles. The number of anilines is 1. The van der Waals surface area contributed by atoms with Gasteiger partial charge in [0.25, 0.3) is 0 Å². The molecule has 2 heterocycles. The van der Waals surface area contributed by atoms with E-state index in [1.54, 1.807) is 44.2 Å². The molecule has 0 atom stereocenters. The molecule has 11 nitrogen and oxygen atoms in total. The molecule has 0 spiro atoms. The summed E-state index contributed by atoms with van der Waals surface area (Å²) in [6.45, 7) is 4.41. The zero-order chi connectivity index (χ0) is 28.4. The number of nitriles is 1. The van der Waals surface area contributed by atoms with Gasteiger partial charge in [-0.25, -0.2) is 18.2 Å². The molecule has 39 heavy (non-hydrogen) atoms. The fraction of sp³-hybridized carbons (Fsp3) is 0.444. The number of esters is 2. The third-order valence-corrected chi connectivity index (χ3v) is 7.41. The number of amides is 1. The number of aryl methyl sites for hydroxylation is 1. The Balaban J connectivity index is 1.73. The van der Waals surface area contributed by atoms with Crippen LogP contribution in [0.25, 0.3) is 0 Å². The summed E-state index contributed by atoms with van der Waals surface area (Å²) in [4.78, 5) is 43.6. The fourth-order valence-electron chi connectivity index (χ4n) is 4.31. The molecular formula is C27H32N4O7S. The lowest BCUT2D eigenvalue weighted by atomic mass is 9.96. The van der Waals surface area contributed by atoms with Crippen molar-refractivity contribution in [3.63, 3.8) is 0 Å². The van der Waals surface area contributed by atoms with Gasteiger partial charge in [-0.05, 0) is 38.3 Å². The average molecular weight is 557 g/mol. The number of benzene rings is 1. The number of piperidine rings is 1. The highest BCUT2D eigenvalue weighted by atomic mass is 32.2. The summed E-state index contributed by atoms with van der Waals surface area (Å²) >= 11 is 0.